The standard InChI is InChI=1S/C24H30N4O6/c1-14-11-28(15(2)12-29)23(30)18-8-16(4-6-19(18)34-22(14)10-25-3)26-24(31)27-17-5-7-20-21(9-17)33-13-32-20/h4-9,14-15,22,25,29H,10-13H2,1-3H3,(H2,26,27,31)/t14-,15+,22+/m0/s1. The Morgan fingerprint density at radius 1 is 1.12 bits per heavy atom. The molecular weight excluding hydrogens is 440 g/mol. The van der Waals surface area contributed by atoms with Gasteiger partial charge in [0.15, 0.2) is 11.5 Å². The number of anilines is 2. The van der Waals surface area contributed by atoms with Crippen LogP contribution in [-0.2, 0) is 0 Å². The number of urea groups is 1. The number of aliphatic hydroxyl groups is 1. The van der Waals surface area contributed by atoms with Crippen molar-refractivity contribution in [3.8, 4) is 17.2 Å². The van der Waals surface area contributed by atoms with Crippen LogP contribution in [0, 0.1) is 5.92 Å². The third-order valence-corrected chi connectivity index (χ3v) is 5.96. The fraction of sp³-hybridized carbons (Fsp3) is 0.417. The number of likely N-dealkylation sites (N-methyl/N-ethyl adjacent to an activating group) is 1. The second kappa shape index (κ2) is 10.2. The van der Waals surface area contributed by atoms with Gasteiger partial charge >= 0.3 is 6.03 Å². The largest absolute Gasteiger partial charge is 0.488 e. The van der Waals surface area contributed by atoms with Crippen LogP contribution < -0.4 is 30.2 Å². The summed E-state index contributed by atoms with van der Waals surface area (Å²) in [6.45, 7) is 4.87. The first-order chi connectivity index (χ1) is 16.4. The highest BCUT2D eigenvalue weighted by Gasteiger charge is 2.32. The zero-order valence-corrected chi connectivity index (χ0v) is 19.5. The van der Waals surface area contributed by atoms with Crippen LogP contribution in [0.15, 0.2) is 36.4 Å². The Kier molecular flexibility index (Phi) is 7.09. The van der Waals surface area contributed by atoms with Crippen LogP contribution in [0.1, 0.15) is 24.2 Å². The maximum absolute atomic E-state index is 13.4. The smallest absolute Gasteiger partial charge is 0.323 e. The Balaban J connectivity index is 1.55. The van der Waals surface area contributed by atoms with Crippen LogP contribution in [0.4, 0.5) is 16.2 Å². The molecule has 2 aromatic carbocycles. The van der Waals surface area contributed by atoms with Crippen molar-refractivity contribution < 1.29 is 28.9 Å². The highest BCUT2D eigenvalue weighted by molar-refractivity contribution is 6.02. The summed E-state index contributed by atoms with van der Waals surface area (Å²) in [7, 11) is 1.85. The van der Waals surface area contributed by atoms with Crippen molar-refractivity contribution in [1.82, 2.24) is 10.2 Å². The minimum Gasteiger partial charge on any atom is -0.488 e. The lowest BCUT2D eigenvalue weighted by Crippen LogP contribution is -2.49. The molecule has 0 fully saturated rings. The lowest BCUT2D eigenvalue weighted by Gasteiger charge is -2.37. The molecule has 2 aliphatic heterocycles. The molecule has 4 rings (SSSR count). The number of hydrogen-bond donors (Lipinski definition) is 4. The lowest BCUT2D eigenvalue weighted by atomic mass is 9.99. The number of hydrogen-bond acceptors (Lipinski definition) is 7. The molecule has 0 unspecified atom stereocenters. The van der Waals surface area contributed by atoms with Crippen LogP contribution in [0.3, 0.4) is 0 Å². The molecule has 3 amide bonds. The van der Waals surface area contributed by atoms with Gasteiger partial charge in [-0.05, 0) is 44.3 Å². The highest BCUT2D eigenvalue weighted by Crippen LogP contribution is 2.34. The molecule has 2 heterocycles. The Bertz CT molecular complexity index is 1060. The van der Waals surface area contributed by atoms with E-state index < -0.39 is 6.03 Å². The van der Waals surface area contributed by atoms with Gasteiger partial charge in [0.05, 0.1) is 18.2 Å². The third kappa shape index (κ3) is 5.02. The number of carbonyl (C=O) groups excluding carboxylic acids is 2. The van der Waals surface area contributed by atoms with Crippen molar-refractivity contribution in [2.24, 2.45) is 5.92 Å². The van der Waals surface area contributed by atoms with Gasteiger partial charge < -0.3 is 40.2 Å². The lowest BCUT2D eigenvalue weighted by molar-refractivity contribution is 0.0416. The van der Waals surface area contributed by atoms with Gasteiger partial charge in [-0.3, -0.25) is 4.79 Å². The molecule has 0 radical (unpaired) electrons. The van der Waals surface area contributed by atoms with Gasteiger partial charge in [-0.15, -0.1) is 0 Å². The van der Waals surface area contributed by atoms with Gasteiger partial charge in [0, 0.05) is 36.4 Å². The second-order valence-corrected chi connectivity index (χ2v) is 8.54. The van der Waals surface area contributed by atoms with Gasteiger partial charge in [-0.25, -0.2) is 4.79 Å². The number of amides is 3. The Hall–Kier alpha value is -3.50. The summed E-state index contributed by atoms with van der Waals surface area (Å²) in [5.41, 5.74) is 1.30. The van der Waals surface area contributed by atoms with E-state index in [1.54, 1.807) is 48.2 Å². The van der Waals surface area contributed by atoms with Crippen molar-refractivity contribution in [3.05, 3.63) is 42.0 Å². The van der Waals surface area contributed by atoms with E-state index in [1.165, 1.54) is 0 Å². The second-order valence-electron chi connectivity index (χ2n) is 8.54. The quantitative estimate of drug-likeness (QED) is 0.512. The average Bonchev–Trinajstić information content (AvgIpc) is 3.29. The van der Waals surface area contributed by atoms with Crippen molar-refractivity contribution >= 4 is 23.3 Å². The fourth-order valence-electron chi connectivity index (χ4n) is 4.01. The molecule has 0 saturated heterocycles. The van der Waals surface area contributed by atoms with E-state index in [0.29, 0.717) is 47.3 Å². The maximum atomic E-state index is 13.4. The predicted molar refractivity (Wildman–Crippen MR) is 127 cm³/mol. The molecular formula is C24H30N4O6. The number of rotatable bonds is 6. The number of aliphatic hydroxyl groups excluding tert-OH is 1. The van der Waals surface area contributed by atoms with Crippen molar-refractivity contribution in [2.75, 3.05) is 44.2 Å². The molecule has 34 heavy (non-hydrogen) atoms. The zero-order chi connectivity index (χ0) is 24.2. The molecule has 4 N–H and O–H groups in total. The van der Waals surface area contributed by atoms with E-state index >= 15 is 0 Å². The molecule has 0 aliphatic carbocycles. The summed E-state index contributed by atoms with van der Waals surface area (Å²) in [4.78, 5) is 27.7. The van der Waals surface area contributed by atoms with Crippen LogP contribution in [0.25, 0.3) is 0 Å². The highest BCUT2D eigenvalue weighted by atomic mass is 16.7. The molecule has 0 spiro atoms. The molecule has 2 aromatic rings. The van der Waals surface area contributed by atoms with Crippen molar-refractivity contribution in [1.29, 1.82) is 0 Å². The van der Waals surface area contributed by atoms with Gasteiger partial charge in [0.2, 0.25) is 6.79 Å². The van der Waals surface area contributed by atoms with Gasteiger partial charge in [-0.2, -0.15) is 0 Å². The summed E-state index contributed by atoms with van der Waals surface area (Å²) >= 11 is 0. The number of fused-ring (bicyclic) bond motifs is 2. The predicted octanol–water partition coefficient (Wildman–Crippen LogP) is 2.50. The maximum Gasteiger partial charge on any atom is 0.323 e. The molecule has 182 valence electrons. The first-order valence-electron chi connectivity index (χ1n) is 11.2. The monoisotopic (exact) mass is 470 g/mol. The molecule has 0 aromatic heterocycles. The number of ether oxygens (including phenoxy) is 3. The minimum atomic E-state index is -0.472. The van der Waals surface area contributed by atoms with E-state index in [4.69, 9.17) is 14.2 Å². The average molecular weight is 471 g/mol. The first kappa shape index (κ1) is 23.7. The Labute approximate surface area is 198 Å². The molecule has 3 atom stereocenters. The first-order valence-corrected chi connectivity index (χ1v) is 11.2. The number of nitrogens with zero attached hydrogens (tertiary/aromatic N) is 1. The normalized spacial score (nSPS) is 20.0. The van der Waals surface area contributed by atoms with E-state index in [2.05, 4.69) is 16.0 Å². The molecule has 0 bridgehead atoms. The SMILES string of the molecule is CNC[C@H]1Oc2ccc(NC(=O)Nc3ccc4c(c3)OCO4)cc2C(=O)N([C@H](C)CO)C[C@@H]1C. The molecule has 10 heteroatoms. The molecule has 2 aliphatic rings. The number of benzene rings is 2. The van der Waals surface area contributed by atoms with E-state index in [-0.39, 0.29) is 37.4 Å². The van der Waals surface area contributed by atoms with Crippen LogP contribution in [0.2, 0.25) is 0 Å². The van der Waals surface area contributed by atoms with Gasteiger partial charge in [0.1, 0.15) is 11.9 Å². The molecule has 0 saturated carbocycles. The number of nitrogens with one attached hydrogen (secondary N) is 3. The van der Waals surface area contributed by atoms with E-state index in [1.807, 2.05) is 14.0 Å². The van der Waals surface area contributed by atoms with Gasteiger partial charge in [-0.1, -0.05) is 6.92 Å². The van der Waals surface area contributed by atoms with Gasteiger partial charge in [0.25, 0.3) is 5.91 Å². The Morgan fingerprint density at radius 2 is 1.79 bits per heavy atom. The van der Waals surface area contributed by atoms with Crippen molar-refractivity contribution in [2.45, 2.75) is 26.0 Å². The van der Waals surface area contributed by atoms with Crippen LogP contribution >= 0.6 is 0 Å². The number of carbonyl (C=O) groups is 2. The summed E-state index contributed by atoms with van der Waals surface area (Å²) < 4.78 is 16.8. The third-order valence-electron chi connectivity index (χ3n) is 5.96. The minimum absolute atomic E-state index is 0.0452. The van der Waals surface area contributed by atoms with E-state index in [0.717, 1.165) is 0 Å². The topological polar surface area (TPSA) is 121 Å². The van der Waals surface area contributed by atoms with Crippen LogP contribution in [0.5, 0.6) is 17.2 Å². The van der Waals surface area contributed by atoms with Crippen LogP contribution in [-0.4, -0.2) is 67.6 Å². The van der Waals surface area contributed by atoms with E-state index in [9.17, 15) is 14.7 Å². The summed E-state index contributed by atoms with van der Waals surface area (Å²) in [5.74, 6) is 1.41. The summed E-state index contributed by atoms with van der Waals surface area (Å²) in [5, 5.41) is 18.4. The fourth-order valence-corrected chi connectivity index (χ4v) is 4.01. The summed E-state index contributed by atoms with van der Waals surface area (Å²) in [6.07, 6.45) is -0.168. The molecule has 10 nitrogen and oxygen atoms in total. The Morgan fingerprint density at radius 3 is 2.50 bits per heavy atom. The van der Waals surface area contributed by atoms with Crippen molar-refractivity contribution in [3.63, 3.8) is 0 Å². The summed E-state index contributed by atoms with van der Waals surface area (Å²) in [6, 6.07) is 9.25. The zero-order valence-electron chi connectivity index (χ0n) is 19.5.